The molecule has 1 amide bonds. The van der Waals surface area contributed by atoms with Crippen molar-refractivity contribution in [1.29, 1.82) is 0 Å². The number of fused-ring (bicyclic) bond motifs is 2. The third-order valence-electron chi connectivity index (χ3n) is 6.40. The van der Waals surface area contributed by atoms with E-state index in [1.54, 1.807) is 0 Å². The average molecular weight is 347 g/mol. The molecule has 3 fully saturated rings. The first-order chi connectivity index (χ1) is 11.7. The number of halogens is 1. The summed E-state index contributed by atoms with van der Waals surface area (Å²) in [5.41, 5.74) is 1.18. The van der Waals surface area contributed by atoms with Crippen LogP contribution >= 0.6 is 11.6 Å². The number of carbonyl (C=O) groups is 1. The molecule has 130 valence electrons. The molecule has 4 heteroatoms. The lowest BCUT2D eigenvalue weighted by atomic mass is 9.86. The van der Waals surface area contributed by atoms with Crippen LogP contribution < -0.4 is 0 Å². The maximum absolute atomic E-state index is 12.6. The largest absolute Gasteiger partial charge is 0.340 e. The quantitative estimate of drug-likeness (QED) is 0.827. The predicted octanol–water partition coefficient (Wildman–Crippen LogP) is 3.81. The lowest BCUT2D eigenvalue weighted by Gasteiger charge is -2.36. The number of nitrogens with zero attached hydrogens (tertiary/aromatic N) is 2. The van der Waals surface area contributed by atoms with Gasteiger partial charge in [-0.3, -0.25) is 9.69 Å². The van der Waals surface area contributed by atoms with Gasteiger partial charge in [0.05, 0.1) is 0 Å². The molecule has 0 radical (unpaired) electrons. The minimum atomic E-state index is 0.393. The minimum Gasteiger partial charge on any atom is -0.340 e. The second-order valence-electron chi connectivity index (χ2n) is 7.89. The zero-order chi connectivity index (χ0) is 16.5. The van der Waals surface area contributed by atoms with Crippen molar-refractivity contribution in [1.82, 2.24) is 9.80 Å². The van der Waals surface area contributed by atoms with Gasteiger partial charge in [0.15, 0.2) is 0 Å². The fraction of sp³-hybridized carbons (Fsp3) is 0.650. The normalized spacial score (nSPS) is 30.0. The number of hydrogen-bond acceptors (Lipinski definition) is 2. The van der Waals surface area contributed by atoms with Crippen LogP contribution in [0, 0.1) is 17.8 Å². The molecule has 1 heterocycles. The van der Waals surface area contributed by atoms with Gasteiger partial charge in [0.1, 0.15) is 0 Å². The van der Waals surface area contributed by atoms with Gasteiger partial charge in [-0.2, -0.15) is 0 Å². The van der Waals surface area contributed by atoms with Crippen LogP contribution in [-0.4, -0.2) is 41.9 Å². The highest BCUT2D eigenvalue weighted by Gasteiger charge is 2.40. The number of amides is 1. The third-order valence-corrected chi connectivity index (χ3v) is 6.77. The highest BCUT2D eigenvalue weighted by molar-refractivity contribution is 6.31. The molecule has 2 aliphatic carbocycles. The van der Waals surface area contributed by atoms with Gasteiger partial charge in [-0.05, 0) is 48.6 Å². The average Bonchev–Trinajstić information content (AvgIpc) is 3.20. The van der Waals surface area contributed by atoms with Gasteiger partial charge in [-0.25, -0.2) is 0 Å². The lowest BCUT2D eigenvalue weighted by Crippen LogP contribution is -2.48. The SMILES string of the molecule is O=C(CC1CC2CCC1C2)N1CCN(Cc2ccccc2Cl)CC1. The molecule has 24 heavy (non-hydrogen) atoms. The van der Waals surface area contributed by atoms with Crippen molar-refractivity contribution in [2.45, 2.75) is 38.6 Å². The van der Waals surface area contributed by atoms with Gasteiger partial charge in [-0.15, -0.1) is 0 Å². The molecule has 1 aromatic rings. The minimum absolute atomic E-state index is 0.393. The number of carbonyl (C=O) groups excluding carboxylic acids is 1. The fourth-order valence-corrected chi connectivity index (χ4v) is 5.20. The van der Waals surface area contributed by atoms with E-state index < -0.39 is 0 Å². The highest BCUT2D eigenvalue weighted by atomic mass is 35.5. The summed E-state index contributed by atoms with van der Waals surface area (Å²) in [4.78, 5) is 17.1. The summed E-state index contributed by atoms with van der Waals surface area (Å²) in [5.74, 6) is 2.85. The zero-order valence-electron chi connectivity index (χ0n) is 14.3. The van der Waals surface area contributed by atoms with Gasteiger partial charge in [0.25, 0.3) is 0 Å². The van der Waals surface area contributed by atoms with Gasteiger partial charge in [0.2, 0.25) is 5.91 Å². The second-order valence-corrected chi connectivity index (χ2v) is 8.29. The molecule has 0 spiro atoms. The Balaban J connectivity index is 1.25. The van der Waals surface area contributed by atoms with E-state index in [1.165, 1.54) is 31.2 Å². The van der Waals surface area contributed by atoms with Crippen molar-refractivity contribution < 1.29 is 4.79 Å². The summed E-state index contributed by atoms with van der Waals surface area (Å²) in [7, 11) is 0. The van der Waals surface area contributed by atoms with E-state index in [2.05, 4.69) is 15.9 Å². The first kappa shape index (κ1) is 16.4. The van der Waals surface area contributed by atoms with Crippen molar-refractivity contribution in [2.24, 2.45) is 17.8 Å². The standard InChI is InChI=1S/C20H27ClN2O/c21-19-4-2-1-3-17(19)14-22-7-9-23(10-8-22)20(24)13-18-12-15-5-6-16(18)11-15/h1-4,15-16,18H,5-14H2. The van der Waals surface area contributed by atoms with Gasteiger partial charge in [0, 0.05) is 44.2 Å². The zero-order valence-corrected chi connectivity index (χ0v) is 15.0. The monoisotopic (exact) mass is 346 g/mol. The molecular weight excluding hydrogens is 320 g/mol. The molecule has 1 saturated heterocycles. The first-order valence-electron chi connectivity index (χ1n) is 9.42. The van der Waals surface area contributed by atoms with Crippen LogP contribution in [0.15, 0.2) is 24.3 Å². The Morgan fingerprint density at radius 2 is 1.88 bits per heavy atom. The molecule has 0 N–H and O–H groups in total. The Kier molecular flexibility index (Phi) is 4.82. The van der Waals surface area contributed by atoms with Crippen LogP contribution in [0.25, 0.3) is 0 Å². The number of rotatable bonds is 4. The van der Waals surface area contributed by atoms with Crippen LogP contribution in [0.3, 0.4) is 0 Å². The topological polar surface area (TPSA) is 23.6 Å². The van der Waals surface area contributed by atoms with E-state index in [9.17, 15) is 4.79 Å². The Morgan fingerprint density at radius 1 is 1.08 bits per heavy atom. The van der Waals surface area contributed by atoms with Crippen molar-refractivity contribution in [2.75, 3.05) is 26.2 Å². The molecule has 2 saturated carbocycles. The summed E-state index contributed by atoms with van der Waals surface area (Å²) in [6.07, 6.45) is 6.28. The van der Waals surface area contributed by atoms with Crippen molar-refractivity contribution in [3.05, 3.63) is 34.9 Å². The maximum Gasteiger partial charge on any atom is 0.222 e. The molecular formula is C20H27ClN2O. The summed E-state index contributed by atoms with van der Waals surface area (Å²) in [6, 6.07) is 8.05. The van der Waals surface area contributed by atoms with Gasteiger partial charge < -0.3 is 4.90 Å². The third kappa shape index (κ3) is 3.48. The predicted molar refractivity (Wildman–Crippen MR) is 96.9 cm³/mol. The van der Waals surface area contributed by atoms with Crippen molar-refractivity contribution >= 4 is 17.5 Å². The number of hydrogen-bond donors (Lipinski definition) is 0. The molecule has 1 aliphatic heterocycles. The van der Waals surface area contributed by atoms with Gasteiger partial charge in [-0.1, -0.05) is 36.2 Å². The van der Waals surface area contributed by atoms with Crippen LogP contribution in [0.1, 0.15) is 37.7 Å². The molecule has 2 bridgehead atoms. The molecule has 4 rings (SSSR count). The smallest absolute Gasteiger partial charge is 0.222 e. The molecule has 3 unspecified atom stereocenters. The van der Waals surface area contributed by atoms with Crippen molar-refractivity contribution in [3.8, 4) is 0 Å². The molecule has 3 nitrogen and oxygen atoms in total. The van der Waals surface area contributed by atoms with Gasteiger partial charge >= 0.3 is 0 Å². The van der Waals surface area contributed by atoms with Crippen LogP contribution in [0.4, 0.5) is 0 Å². The number of piperazine rings is 1. The molecule has 0 aromatic heterocycles. The lowest BCUT2D eigenvalue weighted by molar-refractivity contribution is -0.134. The summed E-state index contributed by atoms with van der Waals surface area (Å²) >= 11 is 6.26. The van der Waals surface area contributed by atoms with Crippen molar-refractivity contribution in [3.63, 3.8) is 0 Å². The fourth-order valence-electron chi connectivity index (χ4n) is 5.00. The Morgan fingerprint density at radius 3 is 2.54 bits per heavy atom. The van der Waals surface area contributed by atoms with Crippen LogP contribution in [0.2, 0.25) is 5.02 Å². The molecule has 1 aromatic carbocycles. The summed E-state index contributed by atoms with van der Waals surface area (Å²) in [6.45, 7) is 4.52. The molecule has 3 atom stereocenters. The van der Waals surface area contributed by atoms with E-state index in [4.69, 9.17) is 11.6 Å². The van der Waals surface area contributed by atoms with Crippen LogP contribution in [0.5, 0.6) is 0 Å². The Bertz CT molecular complexity index is 597. The van der Waals surface area contributed by atoms with E-state index in [1.807, 2.05) is 18.2 Å². The first-order valence-corrected chi connectivity index (χ1v) is 9.80. The molecule has 3 aliphatic rings. The van der Waals surface area contributed by atoms with E-state index >= 15 is 0 Å². The summed E-state index contributed by atoms with van der Waals surface area (Å²) < 4.78 is 0. The highest BCUT2D eigenvalue weighted by Crippen LogP contribution is 2.49. The van der Waals surface area contributed by atoms with Crippen LogP contribution in [-0.2, 0) is 11.3 Å². The van der Waals surface area contributed by atoms with E-state index in [0.717, 1.165) is 56.0 Å². The maximum atomic E-state index is 12.6. The Labute approximate surface area is 150 Å². The Hall–Kier alpha value is -1.06. The second kappa shape index (κ2) is 7.05. The summed E-state index contributed by atoms with van der Waals surface area (Å²) in [5, 5.41) is 0.840. The van der Waals surface area contributed by atoms with E-state index in [0.29, 0.717) is 11.8 Å². The van der Waals surface area contributed by atoms with E-state index in [-0.39, 0.29) is 0 Å². The number of benzene rings is 1.